The maximum absolute atomic E-state index is 12.9. The Morgan fingerprint density at radius 2 is 1.89 bits per heavy atom. The van der Waals surface area contributed by atoms with Crippen LogP contribution >= 0.6 is 0 Å². The summed E-state index contributed by atoms with van der Waals surface area (Å²) in [5.74, 6) is 0.483. The van der Waals surface area contributed by atoms with Crippen LogP contribution < -0.4 is 11.1 Å². The molecule has 2 unspecified atom stereocenters. The summed E-state index contributed by atoms with van der Waals surface area (Å²) in [5, 5.41) is 7.30. The molecule has 2 fully saturated rings. The highest BCUT2D eigenvalue weighted by Gasteiger charge is 2.40. The highest BCUT2D eigenvalue weighted by molar-refractivity contribution is 5.92. The number of carbonyl (C=O) groups excluding carboxylic acids is 1. The van der Waals surface area contributed by atoms with Gasteiger partial charge in [0.05, 0.1) is 11.3 Å². The molecule has 28 heavy (non-hydrogen) atoms. The first-order chi connectivity index (χ1) is 13.3. The fraction of sp³-hybridized carbons (Fsp3) is 0.500. The lowest BCUT2D eigenvalue weighted by Gasteiger charge is -2.45. The van der Waals surface area contributed by atoms with E-state index >= 15 is 0 Å². The van der Waals surface area contributed by atoms with Gasteiger partial charge in [0.2, 0.25) is 0 Å². The summed E-state index contributed by atoms with van der Waals surface area (Å²) in [4.78, 5) is 12.7. The van der Waals surface area contributed by atoms with E-state index in [9.17, 15) is 18.0 Å². The van der Waals surface area contributed by atoms with Crippen LogP contribution in [-0.2, 0) is 6.18 Å². The Morgan fingerprint density at radius 3 is 2.57 bits per heavy atom. The van der Waals surface area contributed by atoms with Gasteiger partial charge in [-0.3, -0.25) is 4.79 Å². The highest BCUT2D eigenvalue weighted by atomic mass is 19.4. The van der Waals surface area contributed by atoms with E-state index < -0.39 is 11.7 Å². The summed E-state index contributed by atoms with van der Waals surface area (Å²) >= 11 is 0. The van der Waals surface area contributed by atoms with E-state index in [0.717, 1.165) is 37.8 Å². The minimum atomic E-state index is -4.43. The standard InChI is InChI=1S/C20H23F3N4O/c21-20(22,23)14-5-2-6-16(11-14)27-8-7-17(26-27)19(28)25-18-12-3-1-4-13(18)10-15(24)9-12/h2,5-8,11-13,15,18H,1,3-4,9-10,24H2,(H,25,28). The lowest BCUT2D eigenvalue weighted by atomic mass is 9.67. The maximum atomic E-state index is 12.9. The highest BCUT2D eigenvalue weighted by Crippen LogP contribution is 2.39. The van der Waals surface area contributed by atoms with E-state index in [0.29, 0.717) is 11.8 Å². The van der Waals surface area contributed by atoms with Crippen LogP contribution in [0.5, 0.6) is 0 Å². The summed E-state index contributed by atoms with van der Waals surface area (Å²) in [6.45, 7) is 0. The van der Waals surface area contributed by atoms with Crippen molar-refractivity contribution in [2.45, 2.75) is 50.4 Å². The predicted octanol–water partition coefficient (Wildman–Crippen LogP) is 3.53. The Bertz CT molecular complexity index is 849. The SMILES string of the molecule is NC1CC2CCCC(C1)C2NC(=O)c1ccn(-c2cccc(C(F)(F)F)c2)n1. The predicted molar refractivity (Wildman–Crippen MR) is 97.9 cm³/mol. The number of fused-ring (bicyclic) bond motifs is 2. The van der Waals surface area contributed by atoms with Gasteiger partial charge in [-0.05, 0) is 61.8 Å². The number of rotatable bonds is 3. The van der Waals surface area contributed by atoms with Crippen molar-refractivity contribution in [2.24, 2.45) is 17.6 Å². The van der Waals surface area contributed by atoms with Gasteiger partial charge >= 0.3 is 6.18 Å². The molecule has 2 atom stereocenters. The zero-order valence-electron chi connectivity index (χ0n) is 15.3. The second-order valence-electron chi connectivity index (χ2n) is 7.88. The molecule has 8 heteroatoms. The van der Waals surface area contributed by atoms with Gasteiger partial charge in [0, 0.05) is 18.3 Å². The Labute approximate surface area is 161 Å². The molecule has 4 rings (SSSR count). The third-order valence-corrected chi connectivity index (χ3v) is 5.93. The van der Waals surface area contributed by atoms with Crippen molar-refractivity contribution in [1.82, 2.24) is 15.1 Å². The second-order valence-corrected chi connectivity index (χ2v) is 7.88. The number of hydrogen-bond donors (Lipinski definition) is 2. The molecule has 1 heterocycles. The second kappa shape index (κ2) is 7.24. The minimum Gasteiger partial charge on any atom is -0.347 e. The maximum Gasteiger partial charge on any atom is 0.416 e. The third kappa shape index (κ3) is 3.78. The Balaban J connectivity index is 1.49. The molecule has 2 bridgehead atoms. The number of nitrogens with one attached hydrogen (secondary N) is 1. The van der Waals surface area contributed by atoms with Crippen molar-refractivity contribution in [3.63, 3.8) is 0 Å². The van der Waals surface area contributed by atoms with Gasteiger partial charge in [0.15, 0.2) is 5.69 Å². The van der Waals surface area contributed by atoms with Gasteiger partial charge in [-0.1, -0.05) is 12.5 Å². The monoisotopic (exact) mass is 392 g/mol. The number of amides is 1. The van der Waals surface area contributed by atoms with E-state index in [1.807, 2.05) is 0 Å². The van der Waals surface area contributed by atoms with E-state index in [1.54, 1.807) is 0 Å². The normalized spacial score (nSPS) is 27.4. The van der Waals surface area contributed by atoms with E-state index in [4.69, 9.17) is 5.73 Å². The van der Waals surface area contributed by atoms with Crippen molar-refractivity contribution in [3.8, 4) is 5.69 Å². The topological polar surface area (TPSA) is 72.9 Å². The number of benzene rings is 1. The van der Waals surface area contributed by atoms with Crippen LogP contribution in [0.25, 0.3) is 5.69 Å². The van der Waals surface area contributed by atoms with Crippen molar-refractivity contribution in [1.29, 1.82) is 0 Å². The van der Waals surface area contributed by atoms with Crippen LogP contribution in [0, 0.1) is 11.8 Å². The van der Waals surface area contributed by atoms with Gasteiger partial charge in [0.25, 0.3) is 5.91 Å². The largest absolute Gasteiger partial charge is 0.416 e. The smallest absolute Gasteiger partial charge is 0.347 e. The fourth-order valence-corrected chi connectivity index (χ4v) is 4.66. The first-order valence-corrected chi connectivity index (χ1v) is 9.61. The van der Waals surface area contributed by atoms with Crippen LogP contribution in [0.4, 0.5) is 13.2 Å². The number of alkyl halides is 3. The van der Waals surface area contributed by atoms with Crippen LogP contribution in [0.15, 0.2) is 36.5 Å². The van der Waals surface area contributed by atoms with Gasteiger partial charge in [-0.2, -0.15) is 18.3 Å². The Kier molecular flexibility index (Phi) is 4.91. The quantitative estimate of drug-likeness (QED) is 0.839. The van der Waals surface area contributed by atoms with Crippen molar-refractivity contribution in [3.05, 3.63) is 47.8 Å². The zero-order chi connectivity index (χ0) is 19.9. The van der Waals surface area contributed by atoms with Gasteiger partial charge in [-0.15, -0.1) is 0 Å². The molecule has 0 radical (unpaired) electrons. The molecule has 0 spiro atoms. The third-order valence-electron chi connectivity index (χ3n) is 5.93. The molecule has 2 saturated carbocycles. The zero-order valence-corrected chi connectivity index (χ0v) is 15.3. The van der Waals surface area contributed by atoms with Gasteiger partial charge < -0.3 is 11.1 Å². The molecule has 0 saturated heterocycles. The van der Waals surface area contributed by atoms with Crippen molar-refractivity contribution < 1.29 is 18.0 Å². The average Bonchev–Trinajstić information content (AvgIpc) is 3.12. The molecule has 2 aliphatic carbocycles. The number of aromatic nitrogens is 2. The molecular weight excluding hydrogens is 369 g/mol. The van der Waals surface area contributed by atoms with E-state index in [2.05, 4.69) is 10.4 Å². The molecule has 1 amide bonds. The van der Waals surface area contributed by atoms with Crippen LogP contribution in [-0.4, -0.2) is 27.8 Å². The minimum absolute atomic E-state index is 0.0970. The number of hydrogen-bond acceptors (Lipinski definition) is 3. The number of nitrogens with zero attached hydrogens (tertiary/aromatic N) is 2. The number of halogens is 3. The molecule has 150 valence electrons. The Morgan fingerprint density at radius 1 is 1.18 bits per heavy atom. The van der Waals surface area contributed by atoms with Crippen LogP contribution in [0.1, 0.15) is 48.2 Å². The van der Waals surface area contributed by atoms with Gasteiger partial charge in [-0.25, -0.2) is 4.68 Å². The van der Waals surface area contributed by atoms with Crippen LogP contribution in [0.3, 0.4) is 0 Å². The lowest BCUT2D eigenvalue weighted by molar-refractivity contribution is -0.137. The lowest BCUT2D eigenvalue weighted by Crippen LogP contribution is -2.53. The summed E-state index contributed by atoms with van der Waals surface area (Å²) < 4.78 is 40.0. The average molecular weight is 392 g/mol. The molecule has 1 aromatic heterocycles. The molecule has 2 aliphatic rings. The summed E-state index contributed by atoms with van der Waals surface area (Å²) in [6.07, 6.45) is 2.20. The molecule has 2 aromatic rings. The van der Waals surface area contributed by atoms with E-state index in [1.165, 1.54) is 35.5 Å². The summed E-state index contributed by atoms with van der Waals surface area (Å²) in [6, 6.07) is 6.70. The fourth-order valence-electron chi connectivity index (χ4n) is 4.66. The Hall–Kier alpha value is -2.35. The van der Waals surface area contributed by atoms with Gasteiger partial charge in [0.1, 0.15) is 0 Å². The first kappa shape index (κ1) is 19.0. The molecule has 1 aromatic carbocycles. The summed E-state index contributed by atoms with van der Waals surface area (Å²) in [7, 11) is 0. The van der Waals surface area contributed by atoms with Crippen molar-refractivity contribution in [2.75, 3.05) is 0 Å². The first-order valence-electron chi connectivity index (χ1n) is 9.61. The summed E-state index contributed by atoms with van der Waals surface area (Å²) in [5.41, 5.74) is 5.84. The molecule has 0 aliphatic heterocycles. The van der Waals surface area contributed by atoms with E-state index in [-0.39, 0.29) is 29.4 Å². The van der Waals surface area contributed by atoms with Crippen LogP contribution in [0.2, 0.25) is 0 Å². The molecule has 5 nitrogen and oxygen atoms in total. The number of nitrogens with two attached hydrogens (primary N) is 1. The number of carbonyl (C=O) groups is 1. The molecular formula is C20H23F3N4O. The molecule has 3 N–H and O–H groups in total. The van der Waals surface area contributed by atoms with Crippen molar-refractivity contribution >= 4 is 5.91 Å².